The molecule has 2 aromatic rings. The van der Waals surface area contributed by atoms with Gasteiger partial charge >= 0.3 is 6.61 Å². The summed E-state index contributed by atoms with van der Waals surface area (Å²) in [6, 6.07) is 14.1. The van der Waals surface area contributed by atoms with E-state index in [2.05, 4.69) is 20.4 Å². The molecule has 2 rings (SSSR count). The van der Waals surface area contributed by atoms with Gasteiger partial charge in [-0.3, -0.25) is 4.99 Å². The van der Waals surface area contributed by atoms with Gasteiger partial charge in [-0.2, -0.15) is 8.78 Å². The Morgan fingerprint density at radius 1 is 1.11 bits per heavy atom. The quantitative estimate of drug-likeness (QED) is 0.364. The number of hydrogen-bond acceptors (Lipinski definition) is 4. The van der Waals surface area contributed by atoms with Crippen LogP contribution in [0.5, 0.6) is 11.5 Å². The highest BCUT2D eigenvalue weighted by atomic mass is 19.3. The maximum absolute atomic E-state index is 12.5. The van der Waals surface area contributed by atoms with E-state index in [4.69, 9.17) is 9.47 Å². The van der Waals surface area contributed by atoms with Crippen LogP contribution in [0.3, 0.4) is 0 Å². The molecule has 28 heavy (non-hydrogen) atoms. The summed E-state index contributed by atoms with van der Waals surface area (Å²) in [4.78, 5) is 4.15. The third-order valence-corrected chi connectivity index (χ3v) is 3.72. The van der Waals surface area contributed by atoms with E-state index >= 15 is 0 Å². The lowest BCUT2D eigenvalue weighted by Crippen LogP contribution is -2.30. The van der Waals surface area contributed by atoms with E-state index in [0.29, 0.717) is 24.7 Å². The van der Waals surface area contributed by atoms with Crippen molar-refractivity contribution < 1.29 is 23.0 Å². The molecule has 0 amide bonds. The molecule has 0 fully saturated rings. The van der Waals surface area contributed by atoms with Gasteiger partial charge in [-0.1, -0.05) is 24.3 Å². The van der Waals surface area contributed by atoms with Crippen LogP contribution in [0, 0.1) is 0 Å². The van der Waals surface area contributed by atoms with Gasteiger partial charge in [0.2, 0.25) is 0 Å². The van der Waals surface area contributed by atoms with Crippen LogP contribution in [0.15, 0.2) is 53.5 Å². The number of hydrogen-bond donors (Lipinski definition) is 2. The number of para-hydroxylation sites is 1. The van der Waals surface area contributed by atoms with Crippen molar-refractivity contribution in [3.05, 3.63) is 54.1 Å². The first-order chi connectivity index (χ1) is 13.6. The number of anilines is 1. The van der Waals surface area contributed by atoms with Gasteiger partial charge in [0.25, 0.3) is 0 Å². The highest BCUT2D eigenvalue weighted by molar-refractivity contribution is 5.93. The van der Waals surface area contributed by atoms with Gasteiger partial charge in [0.05, 0.1) is 6.61 Å². The van der Waals surface area contributed by atoms with Crippen molar-refractivity contribution in [3.63, 3.8) is 0 Å². The van der Waals surface area contributed by atoms with Crippen LogP contribution < -0.4 is 20.1 Å². The Balaban J connectivity index is 1.93. The van der Waals surface area contributed by atoms with Crippen LogP contribution in [-0.2, 0) is 11.3 Å². The predicted molar refractivity (Wildman–Crippen MR) is 105 cm³/mol. The normalized spacial score (nSPS) is 11.4. The van der Waals surface area contributed by atoms with Crippen molar-refractivity contribution in [2.45, 2.75) is 19.6 Å². The van der Waals surface area contributed by atoms with Crippen molar-refractivity contribution in [1.29, 1.82) is 0 Å². The molecule has 6 nitrogen and oxygen atoms in total. The molecule has 2 aromatic carbocycles. The number of methoxy groups -OCH3 is 1. The summed E-state index contributed by atoms with van der Waals surface area (Å²) in [7, 11) is 3.28. The fourth-order valence-electron chi connectivity index (χ4n) is 2.41. The van der Waals surface area contributed by atoms with E-state index in [9.17, 15) is 8.78 Å². The van der Waals surface area contributed by atoms with Gasteiger partial charge in [0.1, 0.15) is 11.5 Å². The van der Waals surface area contributed by atoms with Gasteiger partial charge in [-0.15, -0.1) is 0 Å². The fourth-order valence-corrected chi connectivity index (χ4v) is 2.41. The summed E-state index contributed by atoms with van der Waals surface area (Å²) >= 11 is 0. The zero-order valence-corrected chi connectivity index (χ0v) is 16.0. The van der Waals surface area contributed by atoms with Crippen molar-refractivity contribution in [1.82, 2.24) is 5.32 Å². The Labute approximate surface area is 163 Å². The summed E-state index contributed by atoms with van der Waals surface area (Å²) in [6.45, 7) is -1.39. The number of alkyl halides is 2. The average Bonchev–Trinajstić information content (AvgIpc) is 2.69. The third kappa shape index (κ3) is 7.40. The summed E-state index contributed by atoms with van der Waals surface area (Å²) in [5.74, 6) is 1.35. The van der Waals surface area contributed by atoms with Crippen molar-refractivity contribution >= 4 is 11.6 Å². The minimum atomic E-state index is -2.87. The lowest BCUT2D eigenvalue weighted by Gasteiger charge is -2.15. The highest BCUT2D eigenvalue weighted by Gasteiger charge is 2.09. The van der Waals surface area contributed by atoms with E-state index < -0.39 is 6.61 Å². The van der Waals surface area contributed by atoms with Crippen molar-refractivity contribution in [2.75, 3.05) is 32.7 Å². The number of nitrogens with one attached hydrogen (secondary N) is 2. The SMILES string of the molecule is CN=C(NCc1ccccc1OC(F)F)Nc1cccc(OCCCOC)c1. The lowest BCUT2D eigenvalue weighted by atomic mass is 10.2. The van der Waals surface area contributed by atoms with Crippen LogP contribution in [0.1, 0.15) is 12.0 Å². The molecule has 8 heteroatoms. The second-order valence-corrected chi connectivity index (χ2v) is 5.76. The van der Waals surface area contributed by atoms with Gasteiger partial charge < -0.3 is 24.8 Å². The number of ether oxygens (including phenoxy) is 3. The minimum Gasteiger partial charge on any atom is -0.493 e. The van der Waals surface area contributed by atoms with Crippen LogP contribution in [0.25, 0.3) is 0 Å². The number of guanidine groups is 1. The zero-order chi connectivity index (χ0) is 20.2. The van der Waals surface area contributed by atoms with Crippen LogP contribution in [0.2, 0.25) is 0 Å². The second kappa shape index (κ2) is 11.8. The van der Waals surface area contributed by atoms with E-state index in [1.54, 1.807) is 32.4 Å². The molecule has 0 unspecified atom stereocenters. The molecular formula is C20H25F2N3O3. The molecule has 0 aliphatic rings. The molecule has 0 radical (unpaired) electrons. The Hall–Kier alpha value is -2.87. The zero-order valence-electron chi connectivity index (χ0n) is 16.0. The maximum atomic E-state index is 12.5. The first-order valence-corrected chi connectivity index (χ1v) is 8.84. The molecule has 0 aliphatic carbocycles. The molecule has 0 atom stereocenters. The molecule has 152 valence electrons. The molecular weight excluding hydrogens is 368 g/mol. The predicted octanol–water partition coefficient (Wildman–Crippen LogP) is 3.89. The van der Waals surface area contributed by atoms with Crippen molar-refractivity contribution in [3.8, 4) is 11.5 Å². The molecule has 0 bridgehead atoms. The molecule has 0 aromatic heterocycles. The smallest absolute Gasteiger partial charge is 0.387 e. The van der Waals surface area contributed by atoms with Crippen LogP contribution in [-0.4, -0.2) is 39.9 Å². The standard InChI is InChI=1S/C20H25F2N3O3/c1-23-20(24-14-15-7-3-4-10-18(15)28-19(21)22)25-16-8-5-9-17(13-16)27-12-6-11-26-2/h3-5,7-10,13,19H,6,11-12,14H2,1-2H3,(H2,23,24,25). The van der Waals surface area contributed by atoms with Crippen molar-refractivity contribution in [2.24, 2.45) is 4.99 Å². The Morgan fingerprint density at radius 2 is 1.93 bits per heavy atom. The molecule has 0 spiro atoms. The van der Waals surface area contributed by atoms with Crippen LogP contribution >= 0.6 is 0 Å². The number of halogens is 2. The van der Waals surface area contributed by atoms with Gasteiger partial charge in [-0.25, -0.2) is 0 Å². The summed E-state index contributed by atoms with van der Waals surface area (Å²) in [5.41, 5.74) is 1.38. The number of rotatable bonds is 10. The Morgan fingerprint density at radius 3 is 2.68 bits per heavy atom. The van der Waals surface area contributed by atoms with E-state index in [0.717, 1.165) is 17.9 Å². The molecule has 0 saturated carbocycles. The van der Waals surface area contributed by atoms with Gasteiger partial charge in [-0.05, 0) is 18.2 Å². The Kier molecular flexibility index (Phi) is 9.00. The van der Waals surface area contributed by atoms with Crippen LogP contribution in [0.4, 0.5) is 14.5 Å². The molecule has 0 saturated heterocycles. The fraction of sp³-hybridized carbons (Fsp3) is 0.350. The van der Waals surface area contributed by atoms with E-state index in [1.165, 1.54) is 6.07 Å². The molecule has 0 heterocycles. The first-order valence-electron chi connectivity index (χ1n) is 8.84. The lowest BCUT2D eigenvalue weighted by molar-refractivity contribution is -0.0504. The third-order valence-electron chi connectivity index (χ3n) is 3.72. The largest absolute Gasteiger partial charge is 0.493 e. The highest BCUT2D eigenvalue weighted by Crippen LogP contribution is 2.20. The number of benzene rings is 2. The van der Waals surface area contributed by atoms with Gasteiger partial charge in [0.15, 0.2) is 5.96 Å². The topological polar surface area (TPSA) is 64.1 Å². The number of nitrogens with zero attached hydrogens (tertiary/aromatic N) is 1. The second-order valence-electron chi connectivity index (χ2n) is 5.76. The van der Waals surface area contributed by atoms with E-state index in [1.807, 2.05) is 24.3 Å². The summed E-state index contributed by atoms with van der Waals surface area (Å²) in [6.07, 6.45) is 0.803. The minimum absolute atomic E-state index is 0.131. The number of aliphatic imine (C=N–C) groups is 1. The summed E-state index contributed by atoms with van der Waals surface area (Å²) in [5, 5.41) is 6.23. The molecule has 2 N–H and O–H groups in total. The molecule has 0 aliphatic heterocycles. The average molecular weight is 393 g/mol. The monoisotopic (exact) mass is 393 g/mol. The first kappa shape index (κ1) is 21.4. The summed E-state index contributed by atoms with van der Waals surface area (Å²) < 4.78 is 40.3. The van der Waals surface area contributed by atoms with E-state index in [-0.39, 0.29) is 12.3 Å². The maximum Gasteiger partial charge on any atom is 0.387 e. The van der Waals surface area contributed by atoms with Gasteiger partial charge in [0, 0.05) is 51.0 Å². The Bertz CT molecular complexity index is 757.